The molecule has 52 heavy (non-hydrogen) atoms. The number of rotatable bonds is 6. The molecule has 4 aliphatic rings. The number of aromatic hydroxyl groups is 1. The van der Waals surface area contributed by atoms with E-state index in [4.69, 9.17) is 11.6 Å². The van der Waals surface area contributed by atoms with Crippen molar-refractivity contribution < 1.29 is 28.7 Å². The van der Waals surface area contributed by atoms with Gasteiger partial charge in [-0.15, -0.1) is 11.3 Å². The number of allylic oxidation sites excluding steroid dienone is 2. The Balaban J connectivity index is 1.27. The number of imide groups is 2. The van der Waals surface area contributed by atoms with Crippen LogP contribution in [0.5, 0.6) is 5.75 Å². The van der Waals surface area contributed by atoms with Crippen LogP contribution in [0.2, 0.25) is 5.02 Å². The number of anilines is 1. The van der Waals surface area contributed by atoms with E-state index < -0.39 is 52.6 Å². The number of phenols is 1. The zero-order valence-corrected chi connectivity index (χ0v) is 29.1. The summed E-state index contributed by atoms with van der Waals surface area (Å²) in [5.74, 6) is -5.51. The third-order valence-electron chi connectivity index (χ3n) is 11.5. The number of carbonyl (C=O) groups is 4. The zero-order chi connectivity index (χ0) is 35.9. The lowest BCUT2D eigenvalue weighted by atomic mass is 9.49. The van der Waals surface area contributed by atoms with E-state index in [2.05, 4.69) is 5.43 Å². The van der Waals surface area contributed by atoms with Gasteiger partial charge in [0.1, 0.15) is 11.6 Å². The smallest absolute Gasteiger partial charge is 0.260 e. The second-order valence-corrected chi connectivity index (χ2v) is 15.4. The standard InChI is InChI=1S/C41H31ClFN3O5S/c42-23-9-7-22(8-10-23)41-33(38(49)46(40(41)51)44-25-13-11-24(43)12-14-25)20-32-30(36(41)29-17-18-34(47)28-6-2-1-5-27(28)29)15-16-31-35(32)39(50)45(37(31)48)21-26-4-3-19-52-26/h1-15,17-19,31-33,35-36,44,47H,16,20-21H2. The molecule has 9 rings (SSSR count). The van der Waals surface area contributed by atoms with Gasteiger partial charge >= 0.3 is 0 Å². The number of carbonyl (C=O) groups excluding carboxylic acids is 4. The minimum absolute atomic E-state index is 0.0655. The molecule has 2 N–H and O–H groups in total. The number of nitrogens with one attached hydrogen (secondary N) is 1. The Labute approximate surface area is 307 Å². The van der Waals surface area contributed by atoms with Crippen molar-refractivity contribution in [2.45, 2.75) is 30.7 Å². The molecular formula is C41H31ClFN3O5S. The lowest BCUT2D eigenvalue weighted by Gasteiger charge is -2.51. The van der Waals surface area contributed by atoms with Crippen LogP contribution in [0.25, 0.3) is 10.8 Å². The number of benzene rings is 4. The van der Waals surface area contributed by atoms with Crippen LogP contribution in [0.1, 0.15) is 34.8 Å². The molecule has 4 aromatic carbocycles. The van der Waals surface area contributed by atoms with Gasteiger partial charge in [-0.3, -0.25) is 29.5 Å². The molecule has 11 heteroatoms. The third kappa shape index (κ3) is 4.70. The van der Waals surface area contributed by atoms with Gasteiger partial charge in [0.2, 0.25) is 11.8 Å². The van der Waals surface area contributed by atoms with E-state index >= 15 is 4.79 Å². The molecule has 8 nitrogen and oxygen atoms in total. The summed E-state index contributed by atoms with van der Waals surface area (Å²) in [7, 11) is 0. The van der Waals surface area contributed by atoms with Crippen LogP contribution in [0.15, 0.2) is 114 Å². The molecule has 0 bridgehead atoms. The van der Waals surface area contributed by atoms with Crippen molar-refractivity contribution in [1.82, 2.24) is 9.91 Å². The molecule has 2 aliphatic carbocycles. The van der Waals surface area contributed by atoms with Crippen molar-refractivity contribution in [3.8, 4) is 5.75 Å². The predicted octanol–water partition coefficient (Wildman–Crippen LogP) is 7.58. The van der Waals surface area contributed by atoms with Gasteiger partial charge in [-0.1, -0.05) is 71.8 Å². The summed E-state index contributed by atoms with van der Waals surface area (Å²) in [5, 5.41) is 15.6. The minimum Gasteiger partial charge on any atom is -0.507 e. The first-order valence-electron chi connectivity index (χ1n) is 17.1. The third-order valence-corrected chi connectivity index (χ3v) is 12.6. The Morgan fingerprint density at radius 2 is 1.60 bits per heavy atom. The first-order valence-corrected chi connectivity index (χ1v) is 18.4. The minimum atomic E-state index is -1.52. The lowest BCUT2D eigenvalue weighted by molar-refractivity contribution is -0.141. The monoisotopic (exact) mass is 731 g/mol. The molecule has 4 amide bonds. The van der Waals surface area contributed by atoms with Gasteiger partial charge in [0.05, 0.1) is 35.4 Å². The van der Waals surface area contributed by atoms with Gasteiger partial charge in [-0.25, -0.2) is 4.39 Å². The molecule has 1 saturated carbocycles. The summed E-state index contributed by atoms with van der Waals surface area (Å²) < 4.78 is 13.9. The van der Waals surface area contributed by atoms with Gasteiger partial charge in [0.15, 0.2) is 0 Å². The highest BCUT2D eigenvalue weighted by Gasteiger charge is 2.70. The Kier molecular flexibility index (Phi) is 7.60. The molecule has 260 valence electrons. The quantitative estimate of drug-likeness (QED) is 0.138. The van der Waals surface area contributed by atoms with E-state index in [-0.39, 0.29) is 30.5 Å². The SMILES string of the molecule is O=C1C2CC=C3C(CC4C(=O)N(Nc5ccc(F)cc5)C(=O)C4(c4ccc(Cl)cc4)C3c3ccc(O)c4ccccc34)C2C(=O)N1Cc1cccs1. The van der Waals surface area contributed by atoms with Crippen molar-refractivity contribution in [1.29, 1.82) is 0 Å². The van der Waals surface area contributed by atoms with Gasteiger partial charge in [0, 0.05) is 21.2 Å². The number of phenolic OH excluding ortho intramolecular Hbond substituents is 1. The van der Waals surface area contributed by atoms with E-state index in [1.165, 1.54) is 40.5 Å². The number of fused-ring (bicyclic) bond motifs is 5. The number of likely N-dealkylation sites (tertiary alicyclic amines) is 1. The summed E-state index contributed by atoms with van der Waals surface area (Å²) in [6.45, 7) is 0.182. The molecule has 0 spiro atoms. The van der Waals surface area contributed by atoms with Gasteiger partial charge in [0.25, 0.3) is 11.8 Å². The van der Waals surface area contributed by atoms with Crippen LogP contribution in [-0.4, -0.2) is 38.6 Å². The number of hydrogen-bond acceptors (Lipinski definition) is 7. The fourth-order valence-corrected chi connectivity index (χ4v) is 10.2. The maximum Gasteiger partial charge on any atom is 0.260 e. The summed E-state index contributed by atoms with van der Waals surface area (Å²) in [6.07, 6.45) is 2.45. The van der Waals surface area contributed by atoms with Crippen molar-refractivity contribution in [3.63, 3.8) is 0 Å². The van der Waals surface area contributed by atoms with Crippen LogP contribution in [0.4, 0.5) is 10.1 Å². The number of halogens is 2. The largest absolute Gasteiger partial charge is 0.507 e. The second-order valence-electron chi connectivity index (χ2n) is 13.9. The molecule has 5 aromatic rings. The average molecular weight is 732 g/mol. The Morgan fingerprint density at radius 3 is 2.33 bits per heavy atom. The number of amides is 4. The van der Waals surface area contributed by atoms with Gasteiger partial charge < -0.3 is 5.11 Å². The Bertz CT molecular complexity index is 2330. The first-order chi connectivity index (χ1) is 25.2. The highest BCUT2D eigenvalue weighted by Crippen LogP contribution is 2.65. The van der Waals surface area contributed by atoms with Crippen molar-refractivity contribution in [3.05, 3.63) is 141 Å². The Hall–Kier alpha value is -5.32. The van der Waals surface area contributed by atoms with Gasteiger partial charge in [-0.2, -0.15) is 5.01 Å². The van der Waals surface area contributed by atoms with E-state index in [1.54, 1.807) is 42.5 Å². The highest BCUT2D eigenvalue weighted by atomic mass is 35.5. The number of nitrogens with zero attached hydrogens (tertiary/aromatic N) is 2. The van der Waals surface area contributed by atoms with Crippen molar-refractivity contribution >= 4 is 63.0 Å². The van der Waals surface area contributed by atoms with E-state index in [1.807, 2.05) is 41.8 Å². The first kappa shape index (κ1) is 32.6. The summed E-state index contributed by atoms with van der Waals surface area (Å²) in [5.41, 5.74) is 3.89. The fourth-order valence-electron chi connectivity index (χ4n) is 9.34. The molecule has 6 atom stereocenters. The summed E-state index contributed by atoms with van der Waals surface area (Å²) >= 11 is 7.88. The topological polar surface area (TPSA) is 107 Å². The van der Waals surface area contributed by atoms with Gasteiger partial charge in [-0.05, 0) is 89.2 Å². The number of hydrazine groups is 1. The second kappa shape index (κ2) is 12.1. The van der Waals surface area contributed by atoms with Crippen molar-refractivity contribution in [2.24, 2.45) is 23.7 Å². The molecule has 1 aromatic heterocycles. The molecule has 6 unspecified atom stereocenters. The van der Waals surface area contributed by atoms with E-state index in [0.717, 1.165) is 15.5 Å². The molecule has 3 fully saturated rings. The number of hydrogen-bond donors (Lipinski definition) is 2. The maximum absolute atomic E-state index is 15.4. The molecular weight excluding hydrogens is 701 g/mol. The van der Waals surface area contributed by atoms with E-state index in [9.17, 15) is 23.9 Å². The van der Waals surface area contributed by atoms with Crippen LogP contribution in [0, 0.1) is 29.5 Å². The normalized spacial score (nSPS) is 26.7. The number of thiophene rings is 1. The summed E-state index contributed by atoms with van der Waals surface area (Å²) in [6, 6.07) is 26.9. The zero-order valence-electron chi connectivity index (χ0n) is 27.5. The molecule has 2 saturated heterocycles. The fraction of sp³-hybridized carbons (Fsp3) is 0.220. The van der Waals surface area contributed by atoms with E-state index in [0.29, 0.717) is 39.0 Å². The maximum atomic E-state index is 15.4. The van der Waals surface area contributed by atoms with Crippen LogP contribution in [-0.2, 0) is 31.1 Å². The average Bonchev–Trinajstić information content (AvgIpc) is 3.82. The molecule has 3 heterocycles. The van der Waals surface area contributed by atoms with Crippen LogP contribution >= 0.6 is 22.9 Å². The molecule has 2 aliphatic heterocycles. The van der Waals surface area contributed by atoms with Crippen LogP contribution in [0.3, 0.4) is 0 Å². The molecule has 0 radical (unpaired) electrons. The lowest BCUT2D eigenvalue weighted by Crippen LogP contribution is -2.53. The summed E-state index contributed by atoms with van der Waals surface area (Å²) in [4.78, 5) is 60.9. The highest BCUT2D eigenvalue weighted by molar-refractivity contribution is 7.09. The Morgan fingerprint density at radius 1 is 0.846 bits per heavy atom. The van der Waals surface area contributed by atoms with Crippen molar-refractivity contribution in [2.75, 3.05) is 5.43 Å². The predicted molar refractivity (Wildman–Crippen MR) is 195 cm³/mol. The van der Waals surface area contributed by atoms with Crippen LogP contribution < -0.4 is 5.43 Å².